The van der Waals surface area contributed by atoms with Crippen LogP contribution < -0.4 is 5.32 Å². The van der Waals surface area contributed by atoms with E-state index in [2.05, 4.69) is 10.3 Å². The van der Waals surface area contributed by atoms with Crippen LogP contribution in [0.5, 0.6) is 0 Å². The lowest BCUT2D eigenvalue weighted by molar-refractivity contribution is -0.125. The minimum atomic E-state index is -0.0221. The molecule has 1 aliphatic rings. The van der Waals surface area contributed by atoms with Crippen LogP contribution in [-0.4, -0.2) is 46.8 Å². The first-order chi connectivity index (χ1) is 13.7. The van der Waals surface area contributed by atoms with E-state index in [1.807, 2.05) is 53.4 Å². The van der Waals surface area contributed by atoms with Gasteiger partial charge in [-0.15, -0.1) is 0 Å². The molecule has 0 unspecified atom stereocenters. The summed E-state index contributed by atoms with van der Waals surface area (Å²) in [4.78, 5) is 36.1. The summed E-state index contributed by atoms with van der Waals surface area (Å²) in [5.41, 5.74) is 2.82. The number of rotatable bonds is 3. The van der Waals surface area contributed by atoms with Crippen molar-refractivity contribution in [2.24, 2.45) is 5.92 Å². The van der Waals surface area contributed by atoms with Crippen molar-refractivity contribution in [3.8, 4) is 11.4 Å². The van der Waals surface area contributed by atoms with Crippen LogP contribution in [0.15, 0.2) is 54.7 Å². The first-order valence-corrected chi connectivity index (χ1v) is 9.49. The number of hydrogen-bond donors (Lipinski definition) is 1. The molecule has 2 aromatic heterocycles. The fraction of sp³-hybridized carbons (Fsp3) is 0.273. The second-order valence-electron chi connectivity index (χ2n) is 6.97. The summed E-state index contributed by atoms with van der Waals surface area (Å²) in [5.74, 6) is 0.0114. The molecule has 4 rings (SSSR count). The minimum Gasteiger partial charge on any atom is -0.359 e. The molecule has 6 nitrogen and oxygen atoms in total. The van der Waals surface area contributed by atoms with E-state index in [1.54, 1.807) is 13.2 Å². The average Bonchev–Trinajstić information content (AvgIpc) is 2.78. The molecule has 0 bridgehead atoms. The quantitative estimate of drug-likeness (QED) is 0.765. The summed E-state index contributed by atoms with van der Waals surface area (Å²) in [5, 5.41) is 3.54. The molecule has 3 aromatic rings. The summed E-state index contributed by atoms with van der Waals surface area (Å²) in [6.45, 7) is 1.15. The van der Waals surface area contributed by atoms with Crippen LogP contribution in [-0.2, 0) is 4.79 Å². The van der Waals surface area contributed by atoms with Crippen LogP contribution >= 0.6 is 0 Å². The van der Waals surface area contributed by atoms with E-state index in [1.165, 1.54) is 0 Å². The lowest BCUT2D eigenvalue weighted by Crippen LogP contribution is -2.42. The molecule has 0 spiro atoms. The van der Waals surface area contributed by atoms with Gasteiger partial charge >= 0.3 is 0 Å². The highest BCUT2D eigenvalue weighted by Crippen LogP contribution is 2.26. The number of benzene rings is 1. The molecule has 2 amide bonds. The Morgan fingerprint density at radius 1 is 1.04 bits per heavy atom. The van der Waals surface area contributed by atoms with Gasteiger partial charge in [0, 0.05) is 37.6 Å². The number of likely N-dealkylation sites (tertiary alicyclic amines) is 1. The number of nitrogens with one attached hydrogen (secondary N) is 1. The average molecular weight is 374 g/mol. The lowest BCUT2D eigenvalue weighted by atomic mass is 9.95. The molecule has 28 heavy (non-hydrogen) atoms. The van der Waals surface area contributed by atoms with Crippen molar-refractivity contribution in [1.82, 2.24) is 20.2 Å². The van der Waals surface area contributed by atoms with Gasteiger partial charge in [0.05, 0.1) is 22.5 Å². The highest BCUT2D eigenvalue weighted by Gasteiger charge is 2.28. The van der Waals surface area contributed by atoms with Crippen LogP contribution in [0.1, 0.15) is 23.2 Å². The van der Waals surface area contributed by atoms with E-state index >= 15 is 0 Å². The number of amides is 2. The number of pyridine rings is 2. The molecule has 1 N–H and O–H groups in total. The van der Waals surface area contributed by atoms with Gasteiger partial charge in [-0.05, 0) is 37.1 Å². The van der Waals surface area contributed by atoms with Gasteiger partial charge in [0.2, 0.25) is 5.91 Å². The number of nitrogens with zero attached hydrogens (tertiary/aromatic N) is 3. The zero-order valence-corrected chi connectivity index (χ0v) is 15.8. The third kappa shape index (κ3) is 3.45. The van der Waals surface area contributed by atoms with E-state index in [-0.39, 0.29) is 17.7 Å². The van der Waals surface area contributed by atoms with Crippen LogP contribution in [0.3, 0.4) is 0 Å². The molecule has 1 aliphatic heterocycles. The third-order valence-electron chi connectivity index (χ3n) is 5.27. The van der Waals surface area contributed by atoms with Crippen molar-refractivity contribution >= 4 is 22.7 Å². The maximum Gasteiger partial charge on any atom is 0.254 e. The Kier molecular flexibility index (Phi) is 5.02. The predicted molar refractivity (Wildman–Crippen MR) is 108 cm³/mol. The van der Waals surface area contributed by atoms with Gasteiger partial charge in [-0.1, -0.05) is 24.3 Å². The van der Waals surface area contributed by atoms with Crippen molar-refractivity contribution in [2.45, 2.75) is 12.8 Å². The Balaban J connectivity index is 1.68. The summed E-state index contributed by atoms with van der Waals surface area (Å²) >= 11 is 0. The third-order valence-corrected chi connectivity index (χ3v) is 5.27. The normalized spacial score (nSPS) is 14.8. The molecule has 3 heterocycles. The summed E-state index contributed by atoms with van der Waals surface area (Å²) < 4.78 is 0. The predicted octanol–water partition coefficient (Wildman–Crippen LogP) is 2.90. The molecule has 1 aromatic carbocycles. The number of carbonyl (C=O) groups excluding carboxylic acids is 2. The molecule has 0 radical (unpaired) electrons. The van der Waals surface area contributed by atoms with Gasteiger partial charge in [0.15, 0.2) is 0 Å². The van der Waals surface area contributed by atoms with Crippen LogP contribution in [0.4, 0.5) is 0 Å². The topological polar surface area (TPSA) is 75.2 Å². The maximum absolute atomic E-state index is 13.3. The van der Waals surface area contributed by atoms with Gasteiger partial charge in [-0.2, -0.15) is 0 Å². The smallest absolute Gasteiger partial charge is 0.254 e. The van der Waals surface area contributed by atoms with Gasteiger partial charge in [-0.3, -0.25) is 14.6 Å². The van der Waals surface area contributed by atoms with E-state index in [4.69, 9.17) is 4.98 Å². The molecule has 1 saturated heterocycles. The van der Waals surface area contributed by atoms with Crippen molar-refractivity contribution in [1.29, 1.82) is 0 Å². The maximum atomic E-state index is 13.3. The number of aromatic nitrogens is 2. The molecule has 1 fully saturated rings. The molecule has 0 aliphatic carbocycles. The van der Waals surface area contributed by atoms with Crippen LogP contribution in [0.25, 0.3) is 22.3 Å². The molecular weight excluding hydrogens is 352 g/mol. The molecule has 142 valence electrons. The van der Waals surface area contributed by atoms with Crippen molar-refractivity contribution in [3.63, 3.8) is 0 Å². The zero-order chi connectivity index (χ0) is 19.5. The largest absolute Gasteiger partial charge is 0.359 e. The van der Waals surface area contributed by atoms with Crippen LogP contribution in [0, 0.1) is 5.92 Å². The minimum absolute atomic E-state index is 0.0210. The summed E-state index contributed by atoms with van der Waals surface area (Å²) in [6, 6.07) is 15.2. The number of carbonyl (C=O) groups is 2. The van der Waals surface area contributed by atoms with Gasteiger partial charge in [0.1, 0.15) is 0 Å². The molecule has 6 heteroatoms. The van der Waals surface area contributed by atoms with E-state index in [0.717, 1.165) is 16.6 Å². The van der Waals surface area contributed by atoms with Gasteiger partial charge in [0.25, 0.3) is 5.91 Å². The Morgan fingerprint density at radius 3 is 2.50 bits per heavy atom. The summed E-state index contributed by atoms with van der Waals surface area (Å²) in [6.07, 6.45) is 3.08. The van der Waals surface area contributed by atoms with E-state index in [9.17, 15) is 9.59 Å². The zero-order valence-electron chi connectivity index (χ0n) is 15.8. The number of fused-ring (bicyclic) bond motifs is 1. The van der Waals surface area contributed by atoms with Crippen LogP contribution in [0.2, 0.25) is 0 Å². The first kappa shape index (κ1) is 18.1. The standard InChI is InChI=1S/C22H22N4O2/c1-23-21(27)15-9-12-26(13-10-15)22(28)17-14-20(19-8-4-5-11-24-19)25-18-7-3-2-6-16(17)18/h2-8,11,14-15H,9-10,12-13H2,1H3,(H,23,27). The number of piperidine rings is 1. The fourth-order valence-corrected chi connectivity index (χ4v) is 3.72. The van der Waals surface area contributed by atoms with Gasteiger partial charge in [-0.25, -0.2) is 4.98 Å². The highest BCUT2D eigenvalue weighted by atomic mass is 16.2. The fourth-order valence-electron chi connectivity index (χ4n) is 3.72. The Bertz CT molecular complexity index is 1010. The molecule has 0 atom stereocenters. The van der Waals surface area contributed by atoms with Crippen molar-refractivity contribution in [2.75, 3.05) is 20.1 Å². The molecule has 0 saturated carbocycles. The van der Waals surface area contributed by atoms with E-state index in [0.29, 0.717) is 37.2 Å². The second kappa shape index (κ2) is 7.76. The summed E-state index contributed by atoms with van der Waals surface area (Å²) in [7, 11) is 1.65. The number of hydrogen-bond acceptors (Lipinski definition) is 4. The Hall–Kier alpha value is -3.28. The second-order valence-corrected chi connectivity index (χ2v) is 6.97. The van der Waals surface area contributed by atoms with Crippen molar-refractivity contribution in [3.05, 3.63) is 60.3 Å². The Labute approximate surface area is 163 Å². The lowest BCUT2D eigenvalue weighted by Gasteiger charge is -2.31. The Morgan fingerprint density at radius 2 is 1.79 bits per heavy atom. The molecular formula is C22H22N4O2. The highest BCUT2D eigenvalue weighted by molar-refractivity contribution is 6.07. The first-order valence-electron chi connectivity index (χ1n) is 9.49. The SMILES string of the molecule is CNC(=O)C1CCN(C(=O)c2cc(-c3ccccn3)nc3ccccc23)CC1. The number of para-hydroxylation sites is 1. The van der Waals surface area contributed by atoms with Gasteiger partial charge < -0.3 is 10.2 Å². The monoisotopic (exact) mass is 374 g/mol. The van der Waals surface area contributed by atoms with E-state index < -0.39 is 0 Å². The van der Waals surface area contributed by atoms with Crippen molar-refractivity contribution < 1.29 is 9.59 Å².